The van der Waals surface area contributed by atoms with Gasteiger partial charge in [0.2, 0.25) is 5.91 Å². The van der Waals surface area contributed by atoms with Crippen molar-refractivity contribution in [3.63, 3.8) is 0 Å². The van der Waals surface area contributed by atoms with E-state index in [1.165, 1.54) is 0 Å². The Morgan fingerprint density at radius 3 is 2.82 bits per heavy atom. The number of para-hydroxylation sites is 1. The molecule has 1 aliphatic heterocycles. The van der Waals surface area contributed by atoms with Gasteiger partial charge in [0.1, 0.15) is 0 Å². The predicted molar refractivity (Wildman–Crippen MR) is 130 cm³/mol. The van der Waals surface area contributed by atoms with E-state index in [0.717, 1.165) is 53.5 Å². The van der Waals surface area contributed by atoms with Crippen LogP contribution in [0.1, 0.15) is 47.8 Å². The summed E-state index contributed by atoms with van der Waals surface area (Å²) in [5, 5.41) is 3.52. The molecule has 1 aromatic heterocycles. The summed E-state index contributed by atoms with van der Waals surface area (Å²) in [5.41, 5.74) is 4.47. The Bertz CT molecular complexity index is 1290. The lowest BCUT2D eigenvalue weighted by Gasteiger charge is -2.24. The van der Waals surface area contributed by atoms with Gasteiger partial charge >= 0.3 is 5.97 Å². The second-order valence-corrected chi connectivity index (χ2v) is 9.10. The van der Waals surface area contributed by atoms with Crippen LogP contribution in [-0.4, -0.2) is 35.9 Å². The Labute approximate surface area is 198 Å². The number of rotatable bonds is 5. The lowest BCUT2D eigenvalue weighted by molar-refractivity contribution is -0.119. The van der Waals surface area contributed by atoms with E-state index in [1.807, 2.05) is 30.3 Å². The highest BCUT2D eigenvalue weighted by molar-refractivity contribution is 6.06. The summed E-state index contributed by atoms with van der Waals surface area (Å²) in [7, 11) is 0. The quantitative estimate of drug-likeness (QED) is 0.578. The summed E-state index contributed by atoms with van der Waals surface area (Å²) in [5.74, 6) is -0.394. The normalized spacial score (nSPS) is 17.5. The summed E-state index contributed by atoms with van der Waals surface area (Å²) in [4.78, 5) is 44.3. The molecule has 0 saturated carbocycles. The van der Waals surface area contributed by atoms with Crippen molar-refractivity contribution >= 4 is 40.1 Å². The van der Waals surface area contributed by atoms with Gasteiger partial charge in [-0.25, -0.2) is 4.79 Å². The van der Waals surface area contributed by atoms with Gasteiger partial charge in [-0.2, -0.15) is 0 Å². The van der Waals surface area contributed by atoms with E-state index in [4.69, 9.17) is 9.72 Å². The van der Waals surface area contributed by atoms with E-state index >= 15 is 0 Å². The van der Waals surface area contributed by atoms with E-state index in [-0.39, 0.29) is 5.91 Å². The van der Waals surface area contributed by atoms with Crippen molar-refractivity contribution in [1.29, 1.82) is 0 Å². The fourth-order valence-corrected chi connectivity index (χ4v) is 4.87. The zero-order valence-electron chi connectivity index (χ0n) is 19.2. The smallest absolute Gasteiger partial charge is 0.339 e. The van der Waals surface area contributed by atoms with Crippen molar-refractivity contribution in [2.24, 2.45) is 5.92 Å². The number of carbonyl (C=O) groups excluding carboxylic acids is 3. The molecule has 0 bridgehead atoms. The number of ether oxygens (including phenoxy) is 1. The maximum Gasteiger partial charge on any atom is 0.339 e. The number of benzene rings is 2. The highest BCUT2D eigenvalue weighted by atomic mass is 16.5. The number of aromatic nitrogens is 1. The zero-order valence-corrected chi connectivity index (χ0v) is 19.2. The second kappa shape index (κ2) is 9.25. The Morgan fingerprint density at radius 1 is 1.15 bits per heavy atom. The molecule has 2 amide bonds. The van der Waals surface area contributed by atoms with Gasteiger partial charge in [-0.05, 0) is 61.4 Å². The monoisotopic (exact) mass is 457 g/mol. The van der Waals surface area contributed by atoms with Gasteiger partial charge < -0.3 is 15.0 Å². The van der Waals surface area contributed by atoms with Crippen LogP contribution in [0.2, 0.25) is 0 Å². The Balaban J connectivity index is 1.31. The van der Waals surface area contributed by atoms with Gasteiger partial charge in [-0.15, -0.1) is 0 Å². The van der Waals surface area contributed by atoms with Crippen LogP contribution in [0.15, 0.2) is 48.5 Å². The average Bonchev–Trinajstić information content (AvgIpc) is 3.27. The molecule has 1 aliphatic carbocycles. The Morgan fingerprint density at radius 2 is 2.00 bits per heavy atom. The maximum absolute atomic E-state index is 13.2. The maximum atomic E-state index is 13.2. The van der Waals surface area contributed by atoms with Crippen LogP contribution < -0.4 is 10.2 Å². The van der Waals surface area contributed by atoms with Crippen LogP contribution in [0.3, 0.4) is 0 Å². The van der Waals surface area contributed by atoms with Crippen molar-refractivity contribution < 1.29 is 19.1 Å². The van der Waals surface area contributed by atoms with Gasteiger partial charge in [0.25, 0.3) is 5.91 Å². The van der Waals surface area contributed by atoms with Crippen LogP contribution in [0.25, 0.3) is 10.9 Å². The van der Waals surface area contributed by atoms with E-state index in [9.17, 15) is 14.4 Å². The Kier molecular flexibility index (Phi) is 6.01. The van der Waals surface area contributed by atoms with E-state index in [0.29, 0.717) is 30.1 Å². The van der Waals surface area contributed by atoms with E-state index < -0.39 is 18.5 Å². The fourth-order valence-electron chi connectivity index (χ4n) is 4.87. The molecule has 1 atom stereocenters. The molecule has 5 rings (SSSR count). The molecule has 1 fully saturated rings. The number of hydrogen-bond donors (Lipinski definition) is 1. The summed E-state index contributed by atoms with van der Waals surface area (Å²) in [6, 6.07) is 14.7. The first kappa shape index (κ1) is 22.1. The number of anilines is 2. The highest BCUT2D eigenvalue weighted by Crippen LogP contribution is 2.32. The predicted octanol–water partition coefficient (Wildman–Crippen LogP) is 4.28. The molecule has 1 saturated heterocycles. The fraction of sp³-hybridized carbons (Fsp3) is 0.333. The molecule has 174 valence electrons. The molecule has 1 N–H and O–H groups in total. The molecule has 7 nitrogen and oxygen atoms in total. The van der Waals surface area contributed by atoms with Crippen molar-refractivity contribution in [1.82, 2.24) is 4.98 Å². The van der Waals surface area contributed by atoms with Crippen molar-refractivity contribution in [3.05, 3.63) is 65.4 Å². The van der Waals surface area contributed by atoms with Crippen molar-refractivity contribution in [2.75, 3.05) is 23.4 Å². The molecule has 34 heavy (non-hydrogen) atoms. The largest absolute Gasteiger partial charge is 0.452 e. The van der Waals surface area contributed by atoms with Crippen LogP contribution in [0.5, 0.6) is 0 Å². The molecule has 0 unspecified atom stereocenters. The van der Waals surface area contributed by atoms with Crippen LogP contribution in [0.4, 0.5) is 11.4 Å². The second-order valence-electron chi connectivity index (χ2n) is 9.10. The molecular weight excluding hydrogens is 430 g/mol. The minimum Gasteiger partial charge on any atom is -0.452 e. The number of pyridine rings is 1. The van der Waals surface area contributed by atoms with Crippen molar-refractivity contribution in [3.8, 4) is 0 Å². The number of nitrogens with one attached hydrogen (secondary N) is 1. The van der Waals surface area contributed by atoms with Crippen LogP contribution in [-0.2, 0) is 27.2 Å². The number of amides is 2. The third-order valence-corrected chi connectivity index (χ3v) is 6.56. The Hall–Kier alpha value is -3.74. The van der Waals surface area contributed by atoms with Crippen molar-refractivity contribution in [2.45, 2.75) is 39.0 Å². The molecule has 7 heteroatoms. The van der Waals surface area contributed by atoms with Gasteiger partial charge in [0.05, 0.1) is 11.1 Å². The number of esters is 1. The topological polar surface area (TPSA) is 88.6 Å². The van der Waals surface area contributed by atoms with Crippen LogP contribution in [0, 0.1) is 5.92 Å². The first-order chi connectivity index (χ1) is 16.5. The third kappa shape index (κ3) is 4.38. The number of carbonyl (C=O) groups is 3. The number of fused-ring (bicyclic) bond motifs is 2. The molecule has 0 radical (unpaired) electrons. The van der Waals surface area contributed by atoms with E-state index in [1.54, 1.807) is 23.1 Å². The van der Waals surface area contributed by atoms with Gasteiger partial charge in [0.15, 0.2) is 6.61 Å². The summed E-state index contributed by atoms with van der Waals surface area (Å²) >= 11 is 0. The number of nitrogens with zero attached hydrogens (tertiary/aromatic N) is 2. The summed E-state index contributed by atoms with van der Waals surface area (Å²) in [6.07, 6.45) is 4.01. The number of aryl methyl sites for hydroxylation is 1. The summed E-state index contributed by atoms with van der Waals surface area (Å²) in [6.45, 7) is 2.45. The minimum absolute atomic E-state index is 0.0830. The van der Waals surface area contributed by atoms with Crippen LogP contribution >= 0.6 is 0 Å². The molecule has 2 heterocycles. The van der Waals surface area contributed by atoms with Gasteiger partial charge in [-0.3, -0.25) is 14.6 Å². The SMILES string of the molecule is C[C@@H]1CCc2nc3ccccc3c(C(=O)OCC(=O)Nc3cccc(N4CCCC4=O)c3)c2C1. The number of hydrogen-bond acceptors (Lipinski definition) is 5. The molecule has 2 aromatic carbocycles. The third-order valence-electron chi connectivity index (χ3n) is 6.56. The zero-order chi connectivity index (χ0) is 23.7. The molecular formula is C27H27N3O4. The van der Waals surface area contributed by atoms with E-state index in [2.05, 4.69) is 12.2 Å². The lowest BCUT2D eigenvalue weighted by atomic mass is 9.84. The molecule has 0 spiro atoms. The standard InChI is InChI=1S/C27H27N3O4/c1-17-11-12-23-21(14-17)26(20-8-2-3-9-22(20)29-23)27(33)34-16-24(31)28-18-6-4-7-19(15-18)30-13-5-10-25(30)32/h2-4,6-9,15,17H,5,10-14,16H2,1H3,(H,28,31)/t17-/m1/s1. The minimum atomic E-state index is -0.504. The highest BCUT2D eigenvalue weighted by Gasteiger charge is 2.26. The first-order valence-corrected chi connectivity index (χ1v) is 11.8. The summed E-state index contributed by atoms with van der Waals surface area (Å²) < 4.78 is 5.48. The van der Waals surface area contributed by atoms with Gasteiger partial charge in [-0.1, -0.05) is 31.2 Å². The average molecular weight is 458 g/mol. The van der Waals surface area contributed by atoms with Gasteiger partial charge in [0, 0.05) is 35.4 Å². The molecule has 3 aromatic rings. The lowest BCUT2D eigenvalue weighted by Crippen LogP contribution is -2.25. The molecule has 2 aliphatic rings. The first-order valence-electron chi connectivity index (χ1n) is 11.8.